The van der Waals surface area contributed by atoms with Crippen LogP contribution in [0.4, 0.5) is 5.69 Å². The van der Waals surface area contributed by atoms with Crippen molar-refractivity contribution in [2.24, 2.45) is 11.7 Å². The van der Waals surface area contributed by atoms with Gasteiger partial charge in [-0.05, 0) is 81.2 Å². The van der Waals surface area contributed by atoms with Crippen LogP contribution in [0.2, 0.25) is 0 Å². The van der Waals surface area contributed by atoms with Gasteiger partial charge in [-0.15, -0.1) is 11.8 Å². The summed E-state index contributed by atoms with van der Waals surface area (Å²) in [4.78, 5) is 293. The Morgan fingerprint density at radius 2 is 1.09 bits per heavy atom. The molecule has 1 saturated heterocycles. The largest absolute Gasteiger partial charge is 0.481 e. The van der Waals surface area contributed by atoms with Crippen molar-refractivity contribution in [1.29, 1.82) is 0 Å². The van der Waals surface area contributed by atoms with Crippen molar-refractivity contribution >= 4 is 153 Å². The number of nitrogen functional groups attached to an aromatic ring is 1. The van der Waals surface area contributed by atoms with Gasteiger partial charge in [-0.25, -0.2) is 4.79 Å². The van der Waals surface area contributed by atoms with Crippen LogP contribution in [-0.2, 0) is 102 Å². The van der Waals surface area contributed by atoms with Crippen LogP contribution in [0.15, 0.2) is 83.9 Å². The monoisotopic (exact) mass is 1770 g/mol. The maximum Gasteiger partial charge on any atom is 0.329 e. The number of hydrogen-bond donors (Lipinski definition) is 22. The van der Waals surface area contributed by atoms with Crippen molar-refractivity contribution < 1.29 is 131 Å². The van der Waals surface area contributed by atoms with E-state index in [-0.39, 0.29) is 42.6 Å². The molecule has 125 heavy (non-hydrogen) atoms. The van der Waals surface area contributed by atoms with Gasteiger partial charge in [0.15, 0.2) is 5.78 Å². The molecule has 5 rings (SSSR count). The van der Waals surface area contributed by atoms with Crippen LogP contribution in [0.5, 0.6) is 0 Å². The summed E-state index contributed by atoms with van der Waals surface area (Å²) in [6, 6.07) is -4.59. The van der Waals surface area contributed by atoms with Crippen molar-refractivity contribution in [3.8, 4) is 0 Å². The van der Waals surface area contributed by atoms with E-state index in [0.717, 1.165) is 52.9 Å². The Morgan fingerprint density at radius 1 is 0.544 bits per heavy atom. The zero-order valence-electron chi connectivity index (χ0n) is 69.1. The number of nitrogens with two attached hydrogens (primary N) is 2. The fourth-order valence-electron chi connectivity index (χ4n) is 12.8. The number of cyclic esters (lactones) is 1. The third-order valence-electron chi connectivity index (χ3n) is 19.5. The number of aromatic nitrogens is 1. The molecule has 680 valence electrons. The predicted molar refractivity (Wildman–Crippen MR) is 442 cm³/mol. The number of esters is 1. The SMILES string of the molecule is CCCCCCCCCC(=O)N[C@@H](Cc1c[nH]c2ccccc12)C(=O)N[C@@H](CC(N)=O)C(=O)N[C@@H](CC(=O)O)C(=O)NC1C(=O)NCC(=O)N[C@@H](CCCNC(=O)c2ccccc2SC)C(=O)NC(CC(=O)O)C(=O)N[C@H](C)C(=O)N[C@@H](CC(=O)O)C(=O)NCC(=O)N[C@H](CO)C(=O)NC([C@H](C)CC(=O)O)C(=O)N[C@@H](CC(=O)c2ccccc2N)C(=O)OC1C. The molecule has 3 aromatic carbocycles. The van der Waals surface area contributed by atoms with Gasteiger partial charge in [-0.1, -0.05) is 94.8 Å². The minimum atomic E-state index is -2.49. The standard InChI is InChI=1S/C80H107N17O27S/c1-6-7-8-9-10-11-12-27-60(101)89-50(30-43-36-84-48-24-17-14-20-44(43)48)74(117)92-51(32-59(82)100)75(118)94-54(35-66(110)111)76(119)97-68-42(4)124-80(123)55(31-57(99)45-21-13-16-23-47(45)81)95-79(122)67(40(2)29-63(104)105)96-77(120)56(39-98)90-62(103)37-85-71(114)52(33-64(106)107)91-69(112)41(3)87-73(116)53(34-65(108)109)93-72(115)49(88-61(102)38-86-78(68)121)25-19-28-83-70(113)46-22-15-18-26-58(46)125-5/h13-18,20-24,26,36,40-42,49-56,67-68,84,98H,6-12,19,25,27-35,37-39,81H2,1-5H3,(H2,82,100)(H,83,113)(H,85,114)(H,86,121)(H,87,116)(H,88,102)(H,89,101)(H,90,103)(H,91,112)(H,92,117)(H,93,115)(H,94,118)(H,95,122)(H,96,120)(H,97,119)(H,104,105)(H,106,107)(H,108,109)(H,110,111)/t40-,41-,42?,49+,50+,51+,52+,53?,54+,55+,56-,67?,68?/m1/s1. The second-order valence-corrected chi connectivity index (χ2v) is 30.3. The van der Waals surface area contributed by atoms with Crippen molar-refractivity contribution in [2.75, 3.05) is 38.2 Å². The maximum absolute atomic E-state index is 15.0. The number of benzene rings is 3. The van der Waals surface area contributed by atoms with Gasteiger partial charge in [0.2, 0.25) is 82.7 Å². The van der Waals surface area contributed by atoms with E-state index in [9.17, 15) is 126 Å². The number of carboxylic acid groups (broad SMARTS) is 4. The first kappa shape index (κ1) is 102. The Morgan fingerprint density at radius 3 is 1.70 bits per heavy atom. The molecule has 2 heterocycles. The summed E-state index contributed by atoms with van der Waals surface area (Å²) in [6.45, 7) is 0.923. The number of thioether (sulfide) groups is 1. The molecular formula is C80H107N17O27S. The van der Waals surface area contributed by atoms with Crippen LogP contribution in [-0.4, -0.2) is 260 Å². The summed E-state index contributed by atoms with van der Waals surface area (Å²) in [5.41, 5.74) is 12.6. The number of anilines is 1. The number of nitrogens with one attached hydrogen (secondary N) is 15. The third-order valence-corrected chi connectivity index (χ3v) is 20.3. The first-order chi connectivity index (χ1) is 59.2. The van der Waals surface area contributed by atoms with Crippen LogP contribution >= 0.6 is 11.8 Å². The molecule has 1 aromatic heterocycles. The number of aliphatic hydroxyl groups is 1. The van der Waals surface area contributed by atoms with E-state index in [4.69, 9.17) is 16.2 Å². The molecule has 0 spiro atoms. The van der Waals surface area contributed by atoms with Gasteiger partial charge >= 0.3 is 29.8 Å². The minimum Gasteiger partial charge on any atom is -0.481 e. The highest BCUT2D eigenvalue weighted by Crippen LogP contribution is 2.23. The minimum absolute atomic E-state index is 0.0292. The summed E-state index contributed by atoms with van der Waals surface area (Å²) in [7, 11) is 0. The Balaban J connectivity index is 1.64. The molecule has 4 unspecified atom stereocenters. The summed E-state index contributed by atoms with van der Waals surface area (Å²) in [6.07, 6.45) is -1.14. The summed E-state index contributed by atoms with van der Waals surface area (Å²) < 4.78 is 5.73. The number of unbranched alkanes of at least 4 members (excludes halogenated alkanes) is 6. The number of aliphatic hydroxyl groups excluding tert-OH is 1. The number of carboxylic acids is 4. The maximum atomic E-state index is 15.0. The number of fused-ring (bicyclic) bond motifs is 1. The van der Waals surface area contributed by atoms with Crippen LogP contribution in [0, 0.1) is 5.92 Å². The second kappa shape index (κ2) is 51.3. The Labute approximate surface area is 719 Å². The van der Waals surface area contributed by atoms with Gasteiger partial charge in [0.1, 0.15) is 72.6 Å². The first-order valence-corrected chi connectivity index (χ1v) is 41.1. The number of rotatable bonds is 38. The van der Waals surface area contributed by atoms with Crippen LogP contribution < -0.4 is 85.9 Å². The van der Waals surface area contributed by atoms with Gasteiger partial charge < -0.3 is 121 Å². The predicted octanol–water partition coefficient (Wildman–Crippen LogP) is -3.43. The Kier molecular flexibility index (Phi) is 41.9. The normalized spacial score (nSPS) is 20.4. The van der Waals surface area contributed by atoms with Gasteiger partial charge in [-0.2, -0.15) is 0 Å². The quantitative estimate of drug-likeness (QED) is 0.00683. The molecule has 15 amide bonds. The molecule has 0 saturated carbocycles. The fourth-order valence-corrected chi connectivity index (χ4v) is 13.4. The molecule has 24 N–H and O–H groups in total. The molecule has 1 aliphatic rings. The lowest BCUT2D eigenvalue weighted by Gasteiger charge is -2.30. The van der Waals surface area contributed by atoms with E-state index in [1.165, 1.54) is 42.1 Å². The van der Waals surface area contributed by atoms with Gasteiger partial charge in [-0.3, -0.25) is 95.9 Å². The van der Waals surface area contributed by atoms with E-state index in [1.807, 2.05) is 16.0 Å². The topological polar surface area (TPSA) is 705 Å². The number of H-pyrrole nitrogens is 1. The van der Waals surface area contributed by atoms with Gasteiger partial charge in [0.05, 0.1) is 57.4 Å². The van der Waals surface area contributed by atoms with Crippen LogP contribution in [0.1, 0.15) is 157 Å². The van der Waals surface area contributed by atoms with Gasteiger partial charge in [0, 0.05) is 59.1 Å². The average molecular weight is 1770 g/mol. The summed E-state index contributed by atoms with van der Waals surface area (Å²) in [5, 5.41) is 82.0. The number of carbonyl (C=O) groups is 21. The van der Waals surface area contributed by atoms with E-state index < -0.39 is 267 Å². The zero-order chi connectivity index (χ0) is 92.7. The smallest absolute Gasteiger partial charge is 0.329 e. The number of hydrogen-bond acceptors (Lipinski definition) is 25. The number of primary amides is 1. The second-order valence-electron chi connectivity index (χ2n) is 29.4. The highest BCUT2D eigenvalue weighted by Gasteiger charge is 2.41. The van der Waals surface area contributed by atoms with Crippen LogP contribution in [0.3, 0.4) is 0 Å². The molecule has 45 heteroatoms. The van der Waals surface area contributed by atoms with Crippen molar-refractivity contribution in [2.45, 2.75) is 214 Å². The first-order valence-electron chi connectivity index (χ1n) is 39.9. The van der Waals surface area contributed by atoms with Crippen molar-refractivity contribution in [3.63, 3.8) is 0 Å². The molecule has 0 aliphatic carbocycles. The Hall–Kier alpha value is -13.6. The van der Waals surface area contributed by atoms with Gasteiger partial charge in [0.25, 0.3) is 5.91 Å². The lowest BCUT2D eigenvalue weighted by molar-refractivity contribution is -0.156. The molecular weight excluding hydrogens is 1660 g/mol. The number of carbonyl (C=O) groups excluding carboxylic acids is 17. The van der Waals surface area contributed by atoms with Crippen molar-refractivity contribution in [3.05, 3.63) is 95.7 Å². The molecule has 0 bridgehead atoms. The zero-order valence-corrected chi connectivity index (χ0v) is 70.0. The highest BCUT2D eigenvalue weighted by atomic mass is 32.2. The highest BCUT2D eigenvalue weighted by molar-refractivity contribution is 7.98. The Bertz CT molecular complexity index is 4600. The molecule has 0 radical (unpaired) electrons. The van der Waals surface area contributed by atoms with E-state index >= 15 is 0 Å². The molecule has 1 aliphatic heterocycles. The number of Topliss-reactive ketones (excluding diaryl/α,β-unsaturated/α-hetero) is 1. The van der Waals surface area contributed by atoms with Crippen molar-refractivity contribution in [1.82, 2.24) is 79.4 Å². The summed E-state index contributed by atoms with van der Waals surface area (Å²) >= 11 is 1.23. The van der Waals surface area contributed by atoms with E-state index in [2.05, 4.69) is 70.4 Å². The molecule has 4 aromatic rings. The van der Waals surface area contributed by atoms with Crippen LogP contribution in [0.25, 0.3) is 10.9 Å². The number of aromatic amines is 1. The fraction of sp³-hybridized carbons (Fsp3) is 0.487. The van der Waals surface area contributed by atoms with E-state index in [1.54, 1.807) is 54.9 Å². The lowest BCUT2D eigenvalue weighted by atomic mass is 9.96. The number of aliphatic carboxylic acids is 4. The third kappa shape index (κ3) is 34.3. The lowest BCUT2D eigenvalue weighted by Crippen LogP contribution is -2.62. The number of ether oxygens (including phenoxy) is 1. The number of para-hydroxylation sites is 2. The molecule has 13 atom stereocenters. The number of ketones is 1. The molecule has 1 fully saturated rings. The number of amides is 15. The molecule has 44 nitrogen and oxygen atoms in total. The van der Waals surface area contributed by atoms with E-state index in [0.29, 0.717) is 34.2 Å². The summed E-state index contributed by atoms with van der Waals surface area (Å²) in [5.74, 6) is -30.8. The average Bonchev–Trinajstić information content (AvgIpc) is 1.64.